The van der Waals surface area contributed by atoms with Crippen molar-refractivity contribution < 1.29 is 19.8 Å². The van der Waals surface area contributed by atoms with Crippen LogP contribution in [0.3, 0.4) is 0 Å². The van der Waals surface area contributed by atoms with Gasteiger partial charge in [0.15, 0.2) is 0 Å². The molecule has 0 aromatic carbocycles. The van der Waals surface area contributed by atoms with Crippen LogP contribution in [0.2, 0.25) is 0 Å². The minimum absolute atomic E-state index is 0. The fraction of sp³-hybridized carbons (Fsp3) is 0. The van der Waals surface area contributed by atoms with Gasteiger partial charge in [-0.05, 0) is 24.3 Å². The van der Waals surface area contributed by atoms with Crippen LogP contribution in [0, 0.1) is 0 Å². The Bertz CT molecular complexity index is 575. The summed E-state index contributed by atoms with van der Waals surface area (Å²) in [5.41, 5.74) is 0.779. The standard InChI is InChI=1S/C12H8N2O4.Li/c15-11(16)7-1-3-13-9(5-7)10-6-8(12(17)18)2-4-14-10;/h1-6H,(H,15,16)(H,17,18);. The predicted octanol–water partition coefficient (Wildman–Crippen LogP) is 1.16. The number of carboxylic acid groups (broad SMARTS) is 2. The molecule has 19 heavy (non-hydrogen) atoms. The largest absolute Gasteiger partial charge is 0.478 e. The van der Waals surface area contributed by atoms with Crippen LogP contribution < -0.4 is 0 Å². The van der Waals surface area contributed by atoms with Gasteiger partial charge in [-0.2, -0.15) is 0 Å². The first kappa shape index (κ1) is 14.9. The fourth-order valence-electron chi connectivity index (χ4n) is 1.41. The number of carboxylic acids is 2. The normalized spacial score (nSPS) is 9.47. The molecule has 2 aromatic heterocycles. The zero-order valence-corrected chi connectivity index (χ0v) is 10.1. The number of hydrogen-bond donors (Lipinski definition) is 2. The molecule has 0 aliphatic rings. The van der Waals surface area contributed by atoms with Gasteiger partial charge in [0, 0.05) is 31.3 Å². The van der Waals surface area contributed by atoms with Crippen molar-refractivity contribution in [3.8, 4) is 11.4 Å². The number of aromatic carboxylic acids is 2. The molecule has 0 aliphatic heterocycles. The Morgan fingerprint density at radius 3 is 1.53 bits per heavy atom. The molecule has 2 N–H and O–H groups in total. The van der Waals surface area contributed by atoms with Crippen LogP contribution in [0.1, 0.15) is 20.7 Å². The summed E-state index contributed by atoms with van der Waals surface area (Å²) in [5.74, 6) is -2.15. The van der Waals surface area contributed by atoms with Crippen LogP contribution in [-0.4, -0.2) is 51.0 Å². The maximum Gasteiger partial charge on any atom is 0.335 e. The molecule has 6 nitrogen and oxygen atoms in total. The van der Waals surface area contributed by atoms with Crippen molar-refractivity contribution in [1.82, 2.24) is 9.97 Å². The third kappa shape index (κ3) is 3.41. The number of carbonyl (C=O) groups is 2. The summed E-state index contributed by atoms with van der Waals surface area (Å²) < 4.78 is 0. The average molecular weight is 251 g/mol. The molecule has 0 amide bonds. The van der Waals surface area contributed by atoms with E-state index in [1.807, 2.05) is 0 Å². The summed E-state index contributed by atoms with van der Waals surface area (Å²) in [6, 6.07) is 5.40. The Balaban J connectivity index is 0.00000180. The Morgan fingerprint density at radius 1 is 0.842 bits per heavy atom. The van der Waals surface area contributed by atoms with E-state index in [1.54, 1.807) is 0 Å². The summed E-state index contributed by atoms with van der Waals surface area (Å²) in [4.78, 5) is 29.6. The molecule has 0 aliphatic carbocycles. The van der Waals surface area contributed by atoms with Crippen LogP contribution in [0.4, 0.5) is 0 Å². The van der Waals surface area contributed by atoms with Gasteiger partial charge in [-0.25, -0.2) is 9.59 Å². The van der Waals surface area contributed by atoms with E-state index in [0.29, 0.717) is 11.4 Å². The number of nitrogens with zero attached hydrogens (tertiary/aromatic N) is 2. The zero-order valence-electron chi connectivity index (χ0n) is 10.1. The van der Waals surface area contributed by atoms with E-state index in [-0.39, 0.29) is 30.0 Å². The van der Waals surface area contributed by atoms with Gasteiger partial charge in [0.1, 0.15) is 0 Å². The summed E-state index contributed by atoms with van der Waals surface area (Å²) in [5, 5.41) is 17.7. The number of rotatable bonds is 3. The molecule has 0 atom stereocenters. The molecular weight excluding hydrogens is 243 g/mol. The van der Waals surface area contributed by atoms with Gasteiger partial charge in [0.25, 0.3) is 0 Å². The molecule has 0 fully saturated rings. The molecule has 0 saturated carbocycles. The second kappa shape index (κ2) is 6.14. The van der Waals surface area contributed by atoms with E-state index in [9.17, 15) is 9.59 Å². The Morgan fingerprint density at radius 2 is 1.21 bits per heavy atom. The molecule has 91 valence electrons. The summed E-state index contributed by atoms with van der Waals surface area (Å²) in [6.45, 7) is 0. The minimum atomic E-state index is -1.08. The summed E-state index contributed by atoms with van der Waals surface area (Å²) in [6.07, 6.45) is 2.68. The van der Waals surface area contributed by atoms with Crippen molar-refractivity contribution in [2.24, 2.45) is 0 Å². The number of pyridine rings is 2. The van der Waals surface area contributed by atoms with Crippen molar-refractivity contribution in [2.45, 2.75) is 0 Å². The maximum absolute atomic E-state index is 10.8. The quantitative estimate of drug-likeness (QED) is 0.794. The number of aromatic nitrogens is 2. The van der Waals surface area contributed by atoms with Crippen molar-refractivity contribution in [3.05, 3.63) is 47.8 Å². The fourth-order valence-corrected chi connectivity index (χ4v) is 1.41. The molecule has 0 saturated heterocycles. The summed E-state index contributed by atoms with van der Waals surface area (Å²) in [7, 11) is 0. The van der Waals surface area contributed by atoms with Crippen molar-refractivity contribution in [2.75, 3.05) is 0 Å². The van der Waals surface area contributed by atoms with Gasteiger partial charge in [-0.1, -0.05) is 0 Å². The second-order valence-corrected chi connectivity index (χ2v) is 3.47. The third-order valence-corrected chi connectivity index (χ3v) is 2.28. The molecule has 0 unspecified atom stereocenters. The van der Waals surface area contributed by atoms with Gasteiger partial charge in [-0.15, -0.1) is 0 Å². The first-order valence-corrected chi connectivity index (χ1v) is 4.97. The SMILES string of the molecule is O=C(O)c1ccnc(-c2cc(C(=O)O)ccn2)c1.[Li]. The van der Waals surface area contributed by atoms with Gasteiger partial charge in [0.05, 0.1) is 22.5 Å². The van der Waals surface area contributed by atoms with Crippen LogP contribution in [0.5, 0.6) is 0 Å². The van der Waals surface area contributed by atoms with Gasteiger partial charge >= 0.3 is 11.9 Å². The van der Waals surface area contributed by atoms with E-state index in [0.717, 1.165) is 0 Å². The van der Waals surface area contributed by atoms with Crippen LogP contribution >= 0.6 is 0 Å². The average Bonchev–Trinajstić information content (AvgIpc) is 2.39. The zero-order chi connectivity index (χ0) is 13.1. The Kier molecular flexibility index (Phi) is 4.81. The van der Waals surface area contributed by atoms with Crippen LogP contribution in [0.25, 0.3) is 11.4 Å². The molecule has 1 radical (unpaired) electrons. The van der Waals surface area contributed by atoms with E-state index >= 15 is 0 Å². The van der Waals surface area contributed by atoms with E-state index in [1.165, 1.54) is 36.7 Å². The van der Waals surface area contributed by atoms with Gasteiger partial charge in [-0.3, -0.25) is 9.97 Å². The van der Waals surface area contributed by atoms with E-state index in [2.05, 4.69) is 9.97 Å². The molecule has 0 spiro atoms. The van der Waals surface area contributed by atoms with Crippen molar-refractivity contribution >= 4 is 30.8 Å². The topological polar surface area (TPSA) is 100 Å². The smallest absolute Gasteiger partial charge is 0.335 e. The Labute approximate surface area is 120 Å². The van der Waals surface area contributed by atoms with Crippen molar-refractivity contribution in [3.63, 3.8) is 0 Å². The first-order chi connectivity index (χ1) is 8.58. The number of hydrogen-bond acceptors (Lipinski definition) is 4. The van der Waals surface area contributed by atoms with Gasteiger partial charge in [0.2, 0.25) is 0 Å². The predicted molar refractivity (Wildman–Crippen MR) is 67.1 cm³/mol. The van der Waals surface area contributed by atoms with Crippen molar-refractivity contribution in [1.29, 1.82) is 0 Å². The molecule has 0 bridgehead atoms. The molecular formula is C12H8LiN2O4. The van der Waals surface area contributed by atoms with Gasteiger partial charge < -0.3 is 10.2 Å². The van der Waals surface area contributed by atoms with E-state index in [4.69, 9.17) is 10.2 Å². The van der Waals surface area contributed by atoms with Crippen LogP contribution in [-0.2, 0) is 0 Å². The first-order valence-electron chi connectivity index (χ1n) is 4.97. The molecule has 2 heterocycles. The summed E-state index contributed by atoms with van der Waals surface area (Å²) >= 11 is 0. The Hall–Kier alpha value is -2.16. The monoisotopic (exact) mass is 251 g/mol. The molecule has 2 rings (SSSR count). The second-order valence-electron chi connectivity index (χ2n) is 3.47. The van der Waals surface area contributed by atoms with Crippen LogP contribution in [0.15, 0.2) is 36.7 Å². The molecule has 2 aromatic rings. The maximum atomic E-state index is 10.8. The molecule has 7 heteroatoms. The third-order valence-electron chi connectivity index (χ3n) is 2.28. The van der Waals surface area contributed by atoms with E-state index < -0.39 is 11.9 Å². The minimum Gasteiger partial charge on any atom is -0.478 e.